The highest BCUT2D eigenvalue weighted by atomic mass is 32.2. The lowest BCUT2D eigenvalue weighted by Crippen LogP contribution is -2.07. The second kappa shape index (κ2) is 10.1. The average Bonchev–Trinajstić information content (AvgIpc) is 2.59. The molecule has 3 rings (SSSR count). The number of thioether (sulfide) groups is 2. The lowest BCUT2D eigenvalue weighted by Gasteiger charge is -2.20. The molecule has 124 valence electrons. The van der Waals surface area contributed by atoms with Gasteiger partial charge in [-0.25, -0.2) is 0 Å². The topological polar surface area (TPSA) is 0 Å². The van der Waals surface area contributed by atoms with Crippen LogP contribution in [0.3, 0.4) is 0 Å². The van der Waals surface area contributed by atoms with Gasteiger partial charge in [0.1, 0.15) is 0 Å². The second-order valence-electron chi connectivity index (χ2n) is 6.21. The zero-order chi connectivity index (χ0) is 16.5. The molecule has 0 radical (unpaired) electrons. The van der Waals surface area contributed by atoms with Gasteiger partial charge in [0.15, 0.2) is 0 Å². The first-order valence-electron chi connectivity index (χ1n) is 8.51. The molecule has 0 amide bonds. The van der Waals surface area contributed by atoms with E-state index in [4.69, 9.17) is 0 Å². The molecule has 0 atom stereocenters. The van der Waals surface area contributed by atoms with Crippen molar-refractivity contribution in [2.24, 2.45) is 0 Å². The van der Waals surface area contributed by atoms with E-state index < -0.39 is 0 Å². The van der Waals surface area contributed by atoms with Crippen LogP contribution >= 0.6 is 23.5 Å². The van der Waals surface area contributed by atoms with Crippen LogP contribution in [0.15, 0.2) is 58.3 Å². The van der Waals surface area contributed by atoms with Crippen LogP contribution in [0.2, 0.25) is 0 Å². The zero-order valence-corrected chi connectivity index (χ0v) is 16.2. The van der Waals surface area contributed by atoms with Gasteiger partial charge in [-0.2, -0.15) is 0 Å². The largest absolute Gasteiger partial charge is 0.130 e. The standard InChI is InChI=1S/C13H18S.C8H10S/c1-11-7-9-13(10-8-11)14-12-5-3-2-4-6-12;1-7-3-5-8(9-2)6-4-7/h7-10,12H,2-6H2,1H3;3-6H,1-2H3. The van der Waals surface area contributed by atoms with E-state index in [-0.39, 0.29) is 0 Å². The maximum atomic E-state index is 2.26. The van der Waals surface area contributed by atoms with Gasteiger partial charge in [0.05, 0.1) is 0 Å². The summed E-state index contributed by atoms with van der Waals surface area (Å²) in [6.07, 6.45) is 9.24. The smallest absolute Gasteiger partial charge is 0.00944 e. The molecule has 1 saturated carbocycles. The average molecular weight is 345 g/mol. The second-order valence-corrected chi connectivity index (χ2v) is 8.46. The Morgan fingerprint density at radius 3 is 1.65 bits per heavy atom. The summed E-state index contributed by atoms with van der Waals surface area (Å²) in [7, 11) is 0. The molecule has 0 N–H and O–H groups in total. The van der Waals surface area contributed by atoms with Crippen molar-refractivity contribution in [3.63, 3.8) is 0 Å². The summed E-state index contributed by atoms with van der Waals surface area (Å²) in [5.74, 6) is 0. The fourth-order valence-corrected chi connectivity index (χ4v) is 4.32. The third-order valence-electron chi connectivity index (χ3n) is 4.13. The first kappa shape index (κ1) is 18.5. The fourth-order valence-electron chi connectivity index (χ4n) is 2.67. The molecule has 0 aromatic heterocycles. The van der Waals surface area contributed by atoms with Gasteiger partial charge in [0.2, 0.25) is 0 Å². The molecule has 0 nitrogen and oxygen atoms in total. The summed E-state index contributed by atoms with van der Waals surface area (Å²) in [6.45, 7) is 4.25. The molecule has 0 bridgehead atoms. The number of hydrogen-bond acceptors (Lipinski definition) is 2. The number of aryl methyl sites for hydroxylation is 2. The minimum absolute atomic E-state index is 0.881. The summed E-state index contributed by atoms with van der Waals surface area (Å²) >= 11 is 3.85. The van der Waals surface area contributed by atoms with Crippen molar-refractivity contribution in [1.82, 2.24) is 0 Å². The highest BCUT2D eigenvalue weighted by Gasteiger charge is 2.13. The van der Waals surface area contributed by atoms with Crippen LogP contribution in [0.5, 0.6) is 0 Å². The monoisotopic (exact) mass is 344 g/mol. The maximum Gasteiger partial charge on any atom is 0.00944 e. The lowest BCUT2D eigenvalue weighted by molar-refractivity contribution is 0.516. The molecule has 2 aromatic carbocycles. The summed E-state index contributed by atoms with van der Waals surface area (Å²) in [6, 6.07) is 17.5. The summed E-state index contributed by atoms with van der Waals surface area (Å²) in [5.41, 5.74) is 2.69. The van der Waals surface area contributed by atoms with Crippen molar-refractivity contribution < 1.29 is 0 Å². The van der Waals surface area contributed by atoms with Crippen LogP contribution in [0.4, 0.5) is 0 Å². The van der Waals surface area contributed by atoms with E-state index in [0.717, 1.165) is 5.25 Å². The predicted octanol–water partition coefficient (Wildman–Crippen LogP) is 7.14. The Morgan fingerprint density at radius 1 is 0.696 bits per heavy atom. The molecule has 2 aromatic rings. The van der Waals surface area contributed by atoms with E-state index in [0.29, 0.717) is 0 Å². The summed E-state index contributed by atoms with van der Waals surface area (Å²) < 4.78 is 0. The molecule has 23 heavy (non-hydrogen) atoms. The molecule has 0 heterocycles. The Balaban J connectivity index is 0.000000185. The molecule has 0 spiro atoms. The molecule has 0 aliphatic heterocycles. The van der Waals surface area contributed by atoms with Crippen molar-refractivity contribution in [1.29, 1.82) is 0 Å². The first-order chi connectivity index (χ1) is 11.2. The van der Waals surface area contributed by atoms with Crippen LogP contribution in [0.1, 0.15) is 43.2 Å². The quantitative estimate of drug-likeness (QED) is 0.543. The Kier molecular flexibility index (Phi) is 8.11. The van der Waals surface area contributed by atoms with Crippen LogP contribution in [0.25, 0.3) is 0 Å². The van der Waals surface area contributed by atoms with Crippen molar-refractivity contribution in [2.45, 2.75) is 61.0 Å². The van der Waals surface area contributed by atoms with E-state index in [2.05, 4.69) is 80.4 Å². The van der Waals surface area contributed by atoms with Gasteiger partial charge in [0, 0.05) is 15.0 Å². The molecular weight excluding hydrogens is 316 g/mol. The molecule has 1 aliphatic carbocycles. The third-order valence-corrected chi connectivity index (χ3v) is 6.23. The van der Waals surface area contributed by atoms with Gasteiger partial charge in [-0.1, -0.05) is 54.7 Å². The van der Waals surface area contributed by atoms with E-state index in [1.165, 1.54) is 53.0 Å². The molecule has 1 fully saturated rings. The van der Waals surface area contributed by atoms with Crippen molar-refractivity contribution in [3.05, 3.63) is 59.7 Å². The third kappa shape index (κ3) is 7.05. The normalized spacial score (nSPS) is 14.9. The van der Waals surface area contributed by atoms with Crippen molar-refractivity contribution in [3.8, 4) is 0 Å². The maximum absolute atomic E-state index is 2.26. The van der Waals surface area contributed by atoms with Crippen LogP contribution < -0.4 is 0 Å². The Hall–Kier alpha value is -0.860. The predicted molar refractivity (Wildman–Crippen MR) is 107 cm³/mol. The van der Waals surface area contributed by atoms with Gasteiger partial charge in [-0.3, -0.25) is 0 Å². The summed E-state index contributed by atoms with van der Waals surface area (Å²) in [5, 5.41) is 0.881. The minimum Gasteiger partial charge on any atom is -0.130 e. The zero-order valence-electron chi connectivity index (χ0n) is 14.5. The van der Waals surface area contributed by atoms with Gasteiger partial charge in [0.25, 0.3) is 0 Å². The number of hydrogen-bond donors (Lipinski definition) is 0. The van der Waals surface area contributed by atoms with Crippen LogP contribution in [-0.4, -0.2) is 11.5 Å². The minimum atomic E-state index is 0.881. The van der Waals surface area contributed by atoms with Crippen molar-refractivity contribution in [2.75, 3.05) is 6.26 Å². The Bertz CT molecular complexity index is 551. The Labute approximate surface area is 150 Å². The van der Waals surface area contributed by atoms with E-state index in [1.54, 1.807) is 11.8 Å². The molecule has 0 unspecified atom stereocenters. The lowest BCUT2D eigenvalue weighted by atomic mass is 10.0. The van der Waals surface area contributed by atoms with E-state index in [9.17, 15) is 0 Å². The van der Waals surface area contributed by atoms with Crippen LogP contribution in [-0.2, 0) is 0 Å². The number of rotatable bonds is 3. The van der Waals surface area contributed by atoms with Crippen LogP contribution in [0, 0.1) is 13.8 Å². The van der Waals surface area contributed by atoms with Crippen molar-refractivity contribution >= 4 is 23.5 Å². The molecule has 2 heteroatoms. The number of benzene rings is 2. The Morgan fingerprint density at radius 2 is 1.17 bits per heavy atom. The van der Waals surface area contributed by atoms with Gasteiger partial charge in [-0.05, 0) is 57.2 Å². The van der Waals surface area contributed by atoms with Gasteiger partial charge >= 0.3 is 0 Å². The molecular formula is C21H28S2. The SMILES string of the molecule is CSc1ccc(C)cc1.Cc1ccc(SC2CCCCC2)cc1. The van der Waals surface area contributed by atoms with E-state index in [1.807, 2.05) is 0 Å². The molecule has 0 saturated heterocycles. The fraction of sp³-hybridized carbons (Fsp3) is 0.429. The highest BCUT2D eigenvalue weighted by molar-refractivity contribution is 8.00. The van der Waals surface area contributed by atoms with Gasteiger partial charge in [-0.15, -0.1) is 23.5 Å². The van der Waals surface area contributed by atoms with Gasteiger partial charge < -0.3 is 0 Å². The first-order valence-corrected chi connectivity index (χ1v) is 10.6. The highest BCUT2D eigenvalue weighted by Crippen LogP contribution is 2.33. The van der Waals surface area contributed by atoms with E-state index >= 15 is 0 Å². The summed E-state index contributed by atoms with van der Waals surface area (Å²) in [4.78, 5) is 2.78. The molecule has 1 aliphatic rings.